The van der Waals surface area contributed by atoms with E-state index in [1.165, 1.54) is 57.1 Å². The van der Waals surface area contributed by atoms with Crippen LogP contribution in [-0.2, 0) is 14.3 Å². The summed E-state index contributed by atoms with van der Waals surface area (Å²) in [7, 11) is 0. The Bertz CT molecular complexity index is 506. The van der Waals surface area contributed by atoms with Crippen LogP contribution in [0.3, 0.4) is 0 Å². The maximum Gasteiger partial charge on any atom is 0.330 e. The van der Waals surface area contributed by atoms with Gasteiger partial charge in [0.1, 0.15) is 18.3 Å². The molecule has 2 heterocycles. The molecular weight excluding hydrogens is 384 g/mol. The van der Waals surface area contributed by atoms with E-state index in [1.54, 1.807) is 6.92 Å². The van der Waals surface area contributed by atoms with Gasteiger partial charge in [-0.05, 0) is 38.7 Å². The third-order valence-electron chi connectivity index (χ3n) is 6.08. The summed E-state index contributed by atoms with van der Waals surface area (Å²) in [5, 5.41) is 29.9. The summed E-state index contributed by atoms with van der Waals surface area (Å²) < 4.78 is 11.1. The van der Waals surface area contributed by atoms with Crippen molar-refractivity contribution in [3.05, 3.63) is 12.2 Å². The molecule has 0 amide bonds. The fourth-order valence-electron chi connectivity index (χ4n) is 4.33. The van der Waals surface area contributed by atoms with Crippen molar-refractivity contribution < 1.29 is 29.6 Å². The molecule has 0 aliphatic carbocycles. The molecule has 0 bridgehead atoms. The zero-order valence-electron chi connectivity index (χ0n) is 18.6. The van der Waals surface area contributed by atoms with Crippen LogP contribution in [-0.4, -0.2) is 57.9 Å². The van der Waals surface area contributed by atoms with E-state index in [-0.39, 0.29) is 24.7 Å². The molecule has 0 spiro atoms. The number of carbonyl (C=O) groups is 1. The van der Waals surface area contributed by atoms with Crippen LogP contribution in [0.1, 0.15) is 96.8 Å². The van der Waals surface area contributed by atoms with Gasteiger partial charge in [0.25, 0.3) is 0 Å². The van der Waals surface area contributed by atoms with Gasteiger partial charge in [-0.1, -0.05) is 57.8 Å². The lowest BCUT2D eigenvalue weighted by molar-refractivity contribution is -0.145. The highest BCUT2D eigenvalue weighted by molar-refractivity contribution is 5.82. The molecule has 0 aromatic carbocycles. The van der Waals surface area contributed by atoms with Gasteiger partial charge in [0, 0.05) is 12.5 Å². The fourth-order valence-corrected chi connectivity index (χ4v) is 4.33. The van der Waals surface area contributed by atoms with Crippen molar-refractivity contribution in [3.63, 3.8) is 0 Å². The number of epoxide rings is 1. The first-order valence-electron chi connectivity index (χ1n) is 12.0. The lowest BCUT2D eigenvalue weighted by Gasteiger charge is -2.21. The molecule has 3 N–H and O–H groups in total. The molecule has 2 rings (SSSR count). The van der Waals surface area contributed by atoms with Gasteiger partial charge >= 0.3 is 5.97 Å². The number of cyclic esters (lactones) is 1. The van der Waals surface area contributed by atoms with Crippen LogP contribution < -0.4 is 0 Å². The van der Waals surface area contributed by atoms with Crippen LogP contribution in [0.25, 0.3) is 0 Å². The van der Waals surface area contributed by atoms with Crippen LogP contribution in [0.2, 0.25) is 0 Å². The Labute approximate surface area is 181 Å². The Morgan fingerprint density at radius 3 is 2.13 bits per heavy atom. The summed E-state index contributed by atoms with van der Waals surface area (Å²) in [6.45, 7) is 1.64. The van der Waals surface area contributed by atoms with Crippen molar-refractivity contribution >= 4 is 5.97 Å². The third-order valence-corrected chi connectivity index (χ3v) is 6.08. The largest absolute Gasteiger partial charge is 0.459 e. The summed E-state index contributed by atoms with van der Waals surface area (Å²) in [5.74, 6) is -0.505. The average molecular weight is 427 g/mol. The standard InChI is InChI=1S/C24H42O6/c1-18(25)16-19(26)17-20-12-10-8-6-4-2-3-5-7-9-11-13-22-24(30-22)21(27)14-15-23(28)29-20/h14-15,18-22,24-27H,2-13,16-17H2,1H3/t18-,19-,20+,21-,22+,24+/m1/s1. The third kappa shape index (κ3) is 10.9. The molecule has 0 radical (unpaired) electrons. The van der Waals surface area contributed by atoms with Gasteiger partial charge in [-0.15, -0.1) is 0 Å². The Balaban J connectivity index is 1.88. The number of rotatable bonds is 4. The minimum Gasteiger partial charge on any atom is -0.459 e. The molecule has 1 fully saturated rings. The van der Waals surface area contributed by atoms with Crippen molar-refractivity contribution in [2.45, 2.75) is 133 Å². The predicted molar refractivity (Wildman–Crippen MR) is 116 cm³/mol. The van der Waals surface area contributed by atoms with E-state index >= 15 is 0 Å². The number of ether oxygens (including phenoxy) is 2. The zero-order chi connectivity index (χ0) is 21.8. The molecule has 174 valence electrons. The fraction of sp³-hybridized carbons (Fsp3) is 0.875. The maximum atomic E-state index is 12.2. The second-order valence-corrected chi connectivity index (χ2v) is 9.13. The van der Waals surface area contributed by atoms with Crippen LogP contribution >= 0.6 is 0 Å². The Morgan fingerprint density at radius 2 is 1.53 bits per heavy atom. The van der Waals surface area contributed by atoms with Gasteiger partial charge in [0.15, 0.2) is 0 Å². The van der Waals surface area contributed by atoms with Gasteiger partial charge in [-0.25, -0.2) is 4.79 Å². The van der Waals surface area contributed by atoms with E-state index in [2.05, 4.69) is 0 Å². The van der Waals surface area contributed by atoms with Gasteiger partial charge in [-0.3, -0.25) is 0 Å². The van der Waals surface area contributed by atoms with Crippen molar-refractivity contribution in [1.82, 2.24) is 0 Å². The number of aliphatic hydroxyl groups excluding tert-OH is 3. The Morgan fingerprint density at radius 1 is 0.967 bits per heavy atom. The highest BCUT2D eigenvalue weighted by Gasteiger charge is 2.42. The minimum atomic E-state index is -0.799. The Hall–Kier alpha value is -0.950. The van der Waals surface area contributed by atoms with Crippen molar-refractivity contribution in [2.75, 3.05) is 0 Å². The van der Waals surface area contributed by atoms with E-state index in [9.17, 15) is 20.1 Å². The molecule has 0 aromatic rings. The molecule has 1 saturated heterocycles. The number of fused-ring (bicyclic) bond motifs is 1. The van der Waals surface area contributed by atoms with E-state index < -0.39 is 24.3 Å². The predicted octanol–water partition coefficient (Wildman–Crippen LogP) is 3.80. The monoisotopic (exact) mass is 426 g/mol. The van der Waals surface area contributed by atoms with Crippen molar-refractivity contribution in [1.29, 1.82) is 0 Å². The van der Waals surface area contributed by atoms with Gasteiger partial charge < -0.3 is 24.8 Å². The highest BCUT2D eigenvalue weighted by Crippen LogP contribution is 2.31. The number of esters is 1. The van der Waals surface area contributed by atoms with Crippen molar-refractivity contribution in [2.24, 2.45) is 0 Å². The molecule has 30 heavy (non-hydrogen) atoms. The molecule has 0 saturated carbocycles. The maximum absolute atomic E-state index is 12.2. The highest BCUT2D eigenvalue weighted by atomic mass is 16.6. The lowest BCUT2D eigenvalue weighted by atomic mass is 10.00. The first-order valence-corrected chi connectivity index (χ1v) is 12.0. The number of aliphatic hydroxyl groups is 3. The van der Waals surface area contributed by atoms with Crippen LogP contribution in [0.5, 0.6) is 0 Å². The number of hydrogen-bond donors (Lipinski definition) is 3. The van der Waals surface area contributed by atoms with Gasteiger partial charge in [0.2, 0.25) is 0 Å². The molecule has 6 atom stereocenters. The summed E-state index contributed by atoms with van der Waals surface area (Å²) in [6, 6.07) is 0. The quantitative estimate of drug-likeness (QED) is 0.467. The van der Waals surface area contributed by atoms with E-state index in [0.29, 0.717) is 12.8 Å². The SMILES string of the molecule is C[C@@H](O)C[C@@H](O)C[C@@H]1CCCCCCCCCCCC[C@@H]2O[C@H]2[C@H](O)C=CC(=O)O1. The van der Waals surface area contributed by atoms with Crippen molar-refractivity contribution in [3.8, 4) is 0 Å². The average Bonchev–Trinajstić information content (AvgIpc) is 3.45. The van der Waals surface area contributed by atoms with E-state index in [0.717, 1.165) is 25.7 Å². The molecule has 2 aliphatic rings. The second kappa shape index (κ2) is 14.2. The molecule has 6 heteroatoms. The summed E-state index contributed by atoms with van der Waals surface area (Å²) in [4.78, 5) is 12.2. The number of hydrogen-bond acceptors (Lipinski definition) is 6. The van der Waals surface area contributed by atoms with Gasteiger partial charge in [-0.2, -0.15) is 0 Å². The van der Waals surface area contributed by atoms with Crippen LogP contribution in [0, 0.1) is 0 Å². The first-order chi connectivity index (χ1) is 14.5. The second-order valence-electron chi connectivity index (χ2n) is 9.13. The molecular formula is C24H42O6. The zero-order valence-corrected chi connectivity index (χ0v) is 18.6. The summed E-state index contributed by atoms with van der Waals surface area (Å²) in [5.41, 5.74) is 0. The molecule has 2 aliphatic heterocycles. The normalized spacial score (nSPS) is 32.5. The van der Waals surface area contributed by atoms with E-state index in [1.807, 2.05) is 0 Å². The van der Waals surface area contributed by atoms with E-state index in [4.69, 9.17) is 9.47 Å². The summed E-state index contributed by atoms with van der Waals surface area (Å²) >= 11 is 0. The lowest BCUT2D eigenvalue weighted by Crippen LogP contribution is -2.26. The molecule has 6 nitrogen and oxygen atoms in total. The molecule has 0 aromatic heterocycles. The number of carbonyl (C=O) groups excluding carboxylic acids is 1. The van der Waals surface area contributed by atoms with Crippen LogP contribution in [0.15, 0.2) is 12.2 Å². The van der Waals surface area contributed by atoms with Crippen LogP contribution in [0.4, 0.5) is 0 Å². The topological polar surface area (TPSA) is 99.5 Å². The van der Waals surface area contributed by atoms with Gasteiger partial charge in [0.05, 0.1) is 18.3 Å². The smallest absolute Gasteiger partial charge is 0.330 e. The Kier molecular flexibility index (Phi) is 12.0. The summed E-state index contributed by atoms with van der Waals surface area (Å²) in [6.07, 6.45) is 14.3. The minimum absolute atomic E-state index is 0.0923. The molecule has 0 unspecified atom stereocenters. The first kappa shape index (κ1) is 25.3.